The van der Waals surface area contributed by atoms with E-state index in [1.54, 1.807) is 11.3 Å². The lowest BCUT2D eigenvalue weighted by molar-refractivity contribution is -0.119. The van der Waals surface area contributed by atoms with Gasteiger partial charge in [-0.2, -0.15) is 0 Å². The van der Waals surface area contributed by atoms with E-state index in [4.69, 9.17) is 15.5 Å². The molecule has 3 heterocycles. The second-order valence-electron chi connectivity index (χ2n) is 8.95. The Morgan fingerprint density at radius 1 is 1.14 bits per heavy atom. The minimum atomic E-state index is -0.226. The molecule has 4 aromatic rings. The smallest absolute Gasteiger partial charge is 0.231 e. The number of fused-ring (bicyclic) bond motifs is 3. The number of carbonyl (C=O) groups excluding carboxylic acids is 1. The minimum absolute atomic E-state index is 0.0902. The van der Waals surface area contributed by atoms with Gasteiger partial charge < -0.3 is 15.8 Å². The van der Waals surface area contributed by atoms with Crippen LogP contribution in [0.5, 0.6) is 0 Å². The van der Waals surface area contributed by atoms with Gasteiger partial charge >= 0.3 is 0 Å². The van der Waals surface area contributed by atoms with Crippen molar-refractivity contribution < 1.29 is 9.53 Å². The van der Waals surface area contributed by atoms with Crippen molar-refractivity contribution in [3.05, 3.63) is 82.2 Å². The molecule has 0 spiro atoms. The van der Waals surface area contributed by atoms with Crippen molar-refractivity contribution in [2.45, 2.75) is 50.1 Å². The molecular formula is C27H28N4O2S2. The molecule has 0 radical (unpaired) electrons. The molecule has 5 rings (SSSR count). The van der Waals surface area contributed by atoms with E-state index in [9.17, 15) is 4.79 Å². The number of nitrogens with two attached hydrogens (primary N) is 1. The molecule has 8 heteroatoms. The predicted molar refractivity (Wildman–Crippen MR) is 143 cm³/mol. The SMILES string of the molecule is CCC1(C)Cc2c(sc3nc(SCC(=O)NC(c4ccccc4)c4ccccc4)nc(N)c23)CO1. The number of hydrogen-bond donors (Lipinski definition) is 2. The summed E-state index contributed by atoms with van der Waals surface area (Å²) in [4.78, 5) is 24.3. The minimum Gasteiger partial charge on any atom is -0.383 e. The largest absolute Gasteiger partial charge is 0.383 e. The van der Waals surface area contributed by atoms with Gasteiger partial charge in [0.15, 0.2) is 5.16 Å². The first kappa shape index (κ1) is 23.8. The zero-order chi connectivity index (χ0) is 24.4. The highest BCUT2D eigenvalue weighted by Gasteiger charge is 2.33. The summed E-state index contributed by atoms with van der Waals surface area (Å²) in [5.41, 5.74) is 9.48. The summed E-state index contributed by atoms with van der Waals surface area (Å²) in [6.07, 6.45) is 1.74. The molecule has 0 aliphatic carbocycles. The normalized spacial score (nSPS) is 17.5. The van der Waals surface area contributed by atoms with Crippen LogP contribution in [0.15, 0.2) is 65.8 Å². The van der Waals surface area contributed by atoms with Crippen molar-refractivity contribution in [2.75, 3.05) is 11.5 Å². The lowest BCUT2D eigenvalue weighted by Gasteiger charge is -2.33. The van der Waals surface area contributed by atoms with E-state index < -0.39 is 0 Å². The number of carbonyl (C=O) groups is 1. The third kappa shape index (κ3) is 5.05. The molecule has 35 heavy (non-hydrogen) atoms. The fraction of sp³-hybridized carbons (Fsp3) is 0.296. The van der Waals surface area contributed by atoms with Crippen LogP contribution >= 0.6 is 23.1 Å². The van der Waals surface area contributed by atoms with Crippen LogP contribution in [0.25, 0.3) is 10.2 Å². The highest BCUT2D eigenvalue weighted by Crippen LogP contribution is 2.41. The van der Waals surface area contributed by atoms with Crippen LogP contribution in [0, 0.1) is 0 Å². The molecule has 1 unspecified atom stereocenters. The summed E-state index contributed by atoms with van der Waals surface area (Å²) >= 11 is 2.91. The third-order valence-corrected chi connectivity index (χ3v) is 8.44. The number of thioether (sulfide) groups is 1. The Bertz CT molecular complexity index is 1300. The Balaban J connectivity index is 1.32. The highest BCUT2D eigenvalue weighted by atomic mass is 32.2. The first-order valence-electron chi connectivity index (χ1n) is 11.7. The van der Waals surface area contributed by atoms with Crippen LogP contribution < -0.4 is 11.1 Å². The van der Waals surface area contributed by atoms with Gasteiger partial charge in [-0.15, -0.1) is 11.3 Å². The monoisotopic (exact) mass is 504 g/mol. The fourth-order valence-corrected chi connectivity index (χ4v) is 6.18. The molecule has 1 aliphatic heterocycles. The van der Waals surface area contributed by atoms with Gasteiger partial charge in [-0.1, -0.05) is 79.3 Å². The van der Waals surface area contributed by atoms with E-state index >= 15 is 0 Å². The topological polar surface area (TPSA) is 90.1 Å². The maximum absolute atomic E-state index is 13.0. The molecule has 1 atom stereocenters. The lowest BCUT2D eigenvalue weighted by atomic mass is 9.90. The van der Waals surface area contributed by atoms with E-state index in [-0.39, 0.29) is 23.3 Å². The number of amides is 1. The van der Waals surface area contributed by atoms with Crippen molar-refractivity contribution >= 4 is 45.0 Å². The number of nitrogens with one attached hydrogen (secondary N) is 1. The molecule has 6 nitrogen and oxygen atoms in total. The van der Waals surface area contributed by atoms with Gasteiger partial charge in [0.25, 0.3) is 0 Å². The van der Waals surface area contributed by atoms with Gasteiger partial charge in [0.1, 0.15) is 10.6 Å². The second-order valence-corrected chi connectivity index (χ2v) is 11.0. The molecule has 0 fully saturated rings. The molecule has 2 aromatic heterocycles. The molecule has 0 bridgehead atoms. The summed E-state index contributed by atoms with van der Waals surface area (Å²) < 4.78 is 6.09. The zero-order valence-corrected chi connectivity index (χ0v) is 21.4. The Morgan fingerprint density at radius 3 is 2.43 bits per heavy atom. The van der Waals surface area contributed by atoms with Gasteiger partial charge in [0.2, 0.25) is 5.91 Å². The van der Waals surface area contributed by atoms with Crippen LogP contribution in [-0.4, -0.2) is 27.2 Å². The van der Waals surface area contributed by atoms with E-state index in [0.29, 0.717) is 17.6 Å². The van der Waals surface area contributed by atoms with Gasteiger partial charge in [-0.25, -0.2) is 9.97 Å². The Labute approximate surface area is 213 Å². The third-order valence-electron chi connectivity index (χ3n) is 6.50. The molecule has 0 saturated heterocycles. The quantitative estimate of drug-likeness (QED) is 0.255. The van der Waals surface area contributed by atoms with Crippen molar-refractivity contribution in [2.24, 2.45) is 0 Å². The van der Waals surface area contributed by atoms with Gasteiger partial charge in [-0.3, -0.25) is 4.79 Å². The predicted octanol–water partition coefficient (Wildman–Crippen LogP) is 5.51. The summed E-state index contributed by atoms with van der Waals surface area (Å²) in [7, 11) is 0. The number of hydrogen-bond acceptors (Lipinski definition) is 7. The molecule has 1 amide bonds. The number of benzene rings is 2. The molecular weight excluding hydrogens is 476 g/mol. The first-order valence-corrected chi connectivity index (χ1v) is 13.5. The second kappa shape index (κ2) is 9.97. The number of rotatable bonds is 7. The van der Waals surface area contributed by atoms with E-state index in [1.165, 1.54) is 22.2 Å². The van der Waals surface area contributed by atoms with E-state index in [0.717, 1.165) is 34.2 Å². The average Bonchev–Trinajstić information content (AvgIpc) is 3.25. The van der Waals surface area contributed by atoms with Crippen LogP contribution in [-0.2, 0) is 22.6 Å². The van der Waals surface area contributed by atoms with Gasteiger partial charge in [-0.05, 0) is 30.0 Å². The van der Waals surface area contributed by atoms with Crippen molar-refractivity contribution in [1.82, 2.24) is 15.3 Å². The molecule has 3 N–H and O–H groups in total. The van der Waals surface area contributed by atoms with Crippen LogP contribution in [0.2, 0.25) is 0 Å². The maximum Gasteiger partial charge on any atom is 0.231 e. The van der Waals surface area contributed by atoms with E-state index in [1.807, 2.05) is 60.7 Å². The first-order chi connectivity index (χ1) is 17.0. The number of aromatic nitrogens is 2. The number of nitrogen functional groups attached to an aromatic ring is 1. The summed E-state index contributed by atoms with van der Waals surface area (Å²) in [5.74, 6) is 0.582. The number of thiophene rings is 1. The average molecular weight is 505 g/mol. The van der Waals surface area contributed by atoms with Gasteiger partial charge in [0.05, 0.1) is 29.4 Å². The zero-order valence-electron chi connectivity index (χ0n) is 19.8. The Hall–Kier alpha value is -2.94. The van der Waals surface area contributed by atoms with Crippen molar-refractivity contribution in [3.8, 4) is 0 Å². The highest BCUT2D eigenvalue weighted by molar-refractivity contribution is 7.99. The Kier molecular flexibility index (Phi) is 6.77. The molecule has 1 aliphatic rings. The lowest BCUT2D eigenvalue weighted by Crippen LogP contribution is -2.33. The van der Waals surface area contributed by atoms with Crippen molar-refractivity contribution in [1.29, 1.82) is 0 Å². The van der Waals surface area contributed by atoms with Crippen LogP contribution in [0.4, 0.5) is 5.82 Å². The molecule has 180 valence electrons. The van der Waals surface area contributed by atoms with Crippen molar-refractivity contribution in [3.63, 3.8) is 0 Å². The molecule has 2 aromatic carbocycles. The maximum atomic E-state index is 13.0. The van der Waals surface area contributed by atoms with Crippen LogP contribution in [0.1, 0.15) is 47.9 Å². The number of ether oxygens (including phenoxy) is 1. The number of anilines is 1. The fourth-order valence-electron chi connectivity index (χ4n) is 4.35. The number of nitrogens with zero attached hydrogens (tertiary/aromatic N) is 2. The summed E-state index contributed by atoms with van der Waals surface area (Å²) in [6.45, 7) is 4.85. The standard InChI is InChI=1S/C27H28N4O2S2/c1-3-27(2)14-19-20(15-33-27)35-25-22(19)24(28)30-26(31-25)34-16-21(32)29-23(17-10-6-4-7-11-17)18-12-8-5-9-13-18/h4-13,23H,3,14-16H2,1-2H3,(H,29,32)(H2,28,30,31). The molecule has 0 saturated carbocycles. The van der Waals surface area contributed by atoms with Crippen LogP contribution in [0.3, 0.4) is 0 Å². The Morgan fingerprint density at radius 2 is 1.80 bits per heavy atom. The van der Waals surface area contributed by atoms with E-state index in [2.05, 4.69) is 24.1 Å². The summed E-state index contributed by atoms with van der Waals surface area (Å²) in [5, 5.41) is 4.62. The van der Waals surface area contributed by atoms with Gasteiger partial charge in [0, 0.05) is 11.3 Å². The summed E-state index contributed by atoms with van der Waals surface area (Å²) in [6, 6.07) is 19.7.